The maximum atomic E-state index is 11.0. The van der Waals surface area contributed by atoms with Crippen LogP contribution < -0.4 is 21.5 Å². The van der Waals surface area contributed by atoms with Crippen molar-refractivity contribution in [2.24, 2.45) is 16.6 Å². The number of rotatable bonds is 7. The Labute approximate surface area is 123 Å². The Morgan fingerprint density at radius 1 is 1.43 bits per heavy atom. The number of oxime groups is 1. The Morgan fingerprint density at radius 3 is 2.62 bits per heavy atom. The zero-order valence-corrected chi connectivity index (χ0v) is 12.5. The summed E-state index contributed by atoms with van der Waals surface area (Å²) in [5.41, 5.74) is 11.8. The van der Waals surface area contributed by atoms with Crippen LogP contribution in [0.2, 0.25) is 0 Å². The first kappa shape index (κ1) is 16.8. The summed E-state index contributed by atoms with van der Waals surface area (Å²) in [5.74, 6) is 0.144. The molecule has 21 heavy (non-hydrogen) atoms. The summed E-state index contributed by atoms with van der Waals surface area (Å²) in [7, 11) is 1.51. The van der Waals surface area contributed by atoms with Gasteiger partial charge in [0, 0.05) is 18.5 Å². The van der Waals surface area contributed by atoms with Crippen LogP contribution in [0.1, 0.15) is 31.4 Å². The number of nitrogens with one attached hydrogen (secondary N) is 1. The fourth-order valence-corrected chi connectivity index (χ4v) is 1.95. The number of amides is 1. The van der Waals surface area contributed by atoms with Crippen molar-refractivity contribution in [3.05, 3.63) is 29.3 Å². The van der Waals surface area contributed by atoms with Gasteiger partial charge in [0.25, 0.3) is 0 Å². The second-order valence-electron chi connectivity index (χ2n) is 5.40. The highest BCUT2D eigenvalue weighted by Gasteiger charge is 2.20. The number of hydrogen-bond acceptors (Lipinski definition) is 5. The van der Waals surface area contributed by atoms with Gasteiger partial charge in [-0.05, 0) is 31.5 Å². The third-order valence-corrected chi connectivity index (χ3v) is 3.04. The van der Waals surface area contributed by atoms with Crippen LogP contribution in [-0.2, 0) is 11.3 Å². The van der Waals surface area contributed by atoms with Crippen LogP contribution in [0.25, 0.3) is 0 Å². The van der Waals surface area contributed by atoms with Crippen LogP contribution in [0.4, 0.5) is 0 Å². The van der Waals surface area contributed by atoms with E-state index in [1.807, 2.05) is 19.9 Å². The van der Waals surface area contributed by atoms with E-state index in [0.717, 1.165) is 5.56 Å². The summed E-state index contributed by atoms with van der Waals surface area (Å²) < 4.78 is 5.23. The van der Waals surface area contributed by atoms with Gasteiger partial charge in [-0.25, -0.2) is 0 Å². The molecule has 0 saturated heterocycles. The van der Waals surface area contributed by atoms with Crippen LogP contribution >= 0.6 is 0 Å². The quantitative estimate of drug-likeness (QED) is 0.253. The van der Waals surface area contributed by atoms with Gasteiger partial charge in [0.15, 0.2) is 5.84 Å². The molecule has 0 aliphatic carbocycles. The number of nitrogens with two attached hydrogens (primary N) is 2. The lowest BCUT2D eigenvalue weighted by atomic mass is 9.99. The molecule has 6 N–H and O–H groups in total. The number of ether oxygens (including phenoxy) is 1. The zero-order valence-electron chi connectivity index (χ0n) is 12.5. The maximum absolute atomic E-state index is 11.0. The van der Waals surface area contributed by atoms with Crippen molar-refractivity contribution >= 4 is 11.7 Å². The average Bonchev–Trinajstić information content (AvgIpc) is 2.42. The van der Waals surface area contributed by atoms with Crippen molar-refractivity contribution in [1.29, 1.82) is 0 Å². The molecule has 7 nitrogen and oxygen atoms in total. The van der Waals surface area contributed by atoms with Crippen molar-refractivity contribution in [1.82, 2.24) is 5.32 Å². The molecule has 0 radical (unpaired) electrons. The molecule has 1 aromatic rings. The van der Waals surface area contributed by atoms with E-state index < -0.39 is 5.54 Å². The number of methoxy groups -OCH3 is 1. The third-order valence-electron chi connectivity index (χ3n) is 3.04. The van der Waals surface area contributed by atoms with Crippen molar-refractivity contribution in [2.75, 3.05) is 7.11 Å². The molecular weight excluding hydrogens is 272 g/mol. The molecule has 0 spiro atoms. The van der Waals surface area contributed by atoms with Crippen molar-refractivity contribution in [3.63, 3.8) is 0 Å². The molecule has 0 unspecified atom stereocenters. The number of primary amides is 1. The molecule has 116 valence electrons. The Bertz CT molecular complexity index is 541. The van der Waals surface area contributed by atoms with Crippen LogP contribution in [0.3, 0.4) is 0 Å². The molecular formula is C14H22N4O3. The SMILES string of the molecule is COc1cc(CNC(C)(C)CC(N)=O)ccc1/C(N)=N/O. The summed E-state index contributed by atoms with van der Waals surface area (Å²) in [6, 6.07) is 5.34. The molecule has 0 fully saturated rings. The van der Waals surface area contributed by atoms with E-state index in [0.29, 0.717) is 17.9 Å². The highest BCUT2D eigenvalue weighted by molar-refractivity contribution is 5.99. The van der Waals surface area contributed by atoms with Crippen LogP contribution in [0.5, 0.6) is 5.75 Å². The molecule has 0 aliphatic heterocycles. The molecule has 0 atom stereocenters. The van der Waals surface area contributed by atoms with E-state index in [9.17, 15) is 4.79 Å². The van der Waals surface area contributed by atoms with Gasteiger partial charge in [-0.15, -0.1) is 0 Å². The fourth-order valence-electron chi connectivity index (χ4n) is 1.95. The summed E-state index contributed by atoms with van der Waals surface area (Å²) in [6.07, 6.45) is 0.242. The minimum Gasteiger partial charge on any atom is -0.496 e. The van der Waals surface area contributed by atoms with Gasteiger partial charge in [0.05, 0.1) is 12.7 Å². The average molecular weight is 294 g/mol. The van der Waals surface area contributed by atoms with Gasteiger partial charge in [-0.3, -0.25) is 4.79 Å². The molecule has 1 rings (SSSR count). The largest absolute Gasteiger partial charge is 0.496 e. The predicted octanol–water partition coefficient (Wildman–Crippen LogP) is 0.533. The van der Waals surface area contributed by atoms with Gasteiger partial charge < -0.3 is 26.7 Å². The molecule has 7 heteroatoms. The summed E-state index contributed by atoms with van der Waals surface area (Å²) in [4.78, 5) is 11.0. The second kappa shape index (κ2) is 6.94. The molecule has 0 bridgehead atoms. The Kier molecular flexibility index (Phi) is 5.54. The van der Waals surface area contributed by atoms with Crippen LogP contribution in [-0.4, -0.2) is 29.6 Å². The normalized spacial score (nSPS) is 12.2. The highest BCUT2D eigenvalue weighted by atomic mass is 16.5. The Balaban J connectivity index is 2.84. The maximum Gasteiger partial charge on any atom is 0.219 e. The van der Waals surface area contributed by atoms with E-state index in [-0.39, 0.29) is 18.2 Å². The monoisotopic (exact) mass is 294 g/mol. The topological polar surface area (TPSA) is 123 Å². The lowest BCUT2D eigenvalue weighted by molar-refractivity contribution is -0.119. The molecule has 0 aliphatic rings. The molecule has 1 aromatic carbocycles. The summed E-state index contributed by atoms with van der Waals surface area (Å²) in [5, 5.41) is 14.9. The van der Waals surface area contributed by atoms with E-state index in [1.165, 1.54) is 7.11 Å². The molecule has 0 saturated carbocycles. The summed E-state index contributed by atoms with van der Waals surface area (Å²) in [6.45, 7) is 4.34. The van der Waals surface area contributed by atoms with Crippen LogP contribution in [0.15, 0.2) is 23.4 Å². The molecule has 0 aromatic heterocycles. The Morgan fingerprint density at radius 2 is 2.10 bits per heavy atom. The minimum absolute atomic E-state index is 0.0135. The lowest BCUT2D eigenvalue weighted by Crippen LogP contribution is -2.42. The first-order valence-electron chi connectivity index (χ1n) is 6.47. The van der Waals surface area contributed by atoms with E-state index in [1.54, 1.807) is 12.1 Å². The van der Waals surface area contributed by atoms with Gasteiger partial charge in [-0.1, -0.05) is 11.2 Å². The molecule has 1 amide bonds. The van der Waals surface area contributed by atoms with E-state index in [4.69, 9.17) is 21.4 Å². The first-order valence-corrected chi connectivity index (χ1v) is 6.47. The standard InChI is InChI=1S/C14H22N4O3/c1-14(2,7-12(15)19)17-8-9-4-5-10(13(16)18-20)11(6-9)21-3/h4-6,17,20H,7-8H2,1-3H3,(H2,15,19)(H2,16,18). The second-order valence-corrected chi connectivity index (χ2v) is 5.40. The van der Waals surface area contributed by atoms with Gasteiger partial charge in [0.1, 0.15) is 5.75 Å². The number of nitrogens with zero attached hydrogens (tertiary/aromatic N) is 1. The summed E-state index contributed by atoms with van der Waals surface area (Å²) >= 11 is 0. The van der Waals surface area contributed by atoms with Gasteiger partial charge in [0.2, 0.25) is 5.91 Å². The number of hydrogen-bond donors (Lipinski definition) is 4. The minimum atomic E-state index is -0.399. The predicted molar refractivity (Wildman–Crippen MR) is 80.2 cm³/mol. The number of carbonyl (C=O) groups is 1. The highest BCUT2D eigenvalue weighted by Crippen LogP contribution is 2.20. The van der Waals surface area contributed by atoms with Crippen molar-refractivity contribution in [3.8, 4) is 5.75 Å². The zero-order chi connectivity index (χ0) is 16.0. The molecule has 0 heterocycles. The third kappa shape index (κ3) is 4.96. The van der Waals surface area contributed by atoms with Crippen molar-refractivity contribution < 1.29 is 14.7 Å². The van der Waals surface area contributed by atoms with E-state index in [2.05, 4.69) is 10.5 Å². The van der Waals surface area contributed by atoms with Gasteiger partial charge in [-0.2, -0.15) is 0 Å². The van der Waals surface area contributed by atoms with Gasteiger partial charge >= 0.3 is 0 Å². The fraction of sp³-hybridized carbons (Fsp3) is 0.429. The number of benzene rings is 1. The van der Waals surface area contributed by atoms with Crippen molar-refractivity contribution in [2.45, 2.75) is 32.4 Å². The van der Waals surface area contributed by atoms with E-state index >= 15 is 0 Å². The Hall–Kier alpha value is -2.28. The lowest BCUT2D eigenvalue weighted by Gasteiger charge is -2.25. The first-order chi connectivity index (χ1) is 9.79. The van der Waals surface area contributed by atoms with Crippen LogP contribution in [0, 0.1) is 0 Å². The number of amidine groups is 1. The number of carbonyl (C=O) groups excluding carboxylic acids is 1. The smallest absolute Gasteiger partial charge is 0.219 e.